The molecule has 1 N–H and O–H groups in total. The monoisotopic (exact) mass is 235 g/mol. The summed E-state index contributed by atoms with van der Waals surface area (Å²) in [5.74, 6) is 2.09. The Bertz CT molecular complexity index is 388. The largest absolute Gasteiger partial charge is 0.448 e. The molecule has 94 valence electrons. The van der Waals surface area contributed by atoms with Crippen LogP contribution < -0.4 is 5.32 Å². The first-order chi connectivity index (χ1) is 8.24. The van der Waals surface area contributed by atoms with E-state index in [-0.39, 0.29) is 0 Å². The predicted octanol–water partition coefficient (Wildman–Crippen LogP) is 1.59. The van der Waals surface area contributed by atoms with Crippen LogP contribution in [0.2, 0.25) is 0 Å². The summed E-state index contributed by atoms with van der Waals surface area (Å²) in [6.45, 7) is 8.71. The van der Waals surface area contributed by atoms with E-state index in [2.05, 4.69) is 29.0 Å². The maximum Gasteiger partial charge on any atom is 0.196 e. The van der Waals surface area contributed by atoms with E-state index in [1.54, 1.807) is 0 Å². The maximum atomic E-state index is 5.49. The Labute approximate surface area is 102 Å². The smallest absolute Gasteiger partial charge is 0.196 e. The lowest BCUT2D eigenvalue weighted by molar-refractivity contribution is 0.241. The van der Waals surface area contributed by atoms with Crippen molar-refractivity contribution in [2.45, 2.75) is 38.8 Å². The van der Waals surface area contributed by atoms with Gasteiger partial charge in [0.05, 0.1) is 5.69 Å². The lowest BCUT2D eigenvalue weighted by Crippen LogP contribution is -2.33. The molecule has 1 aromatic heterocycles. The van der Waals surface area contributed by atoms with Gasteiger partial charge in [-0.3, -0.25) is 4.90 Å². The summed E-state index contributed by atoms with van der Waals surface area (Å²) < 4.78 is 5.49. The number of nitrogens with zero attached hydrogens (tertiary/aromatic N) is 2. The second kappa shape index (κ2) is 4.42. The molecule has 0 unspecified atom stereocenters. The minimum absolute atomic E-state index is 0.378. The summed E-state index contributed by atoms with van der Waals surface area (Å²) in [5, 5.41) is 3.48. The van der Waals surface area contributed by atoms with E-state index < -0.39 is 0 Å². The number of aromatic nitrogens is 1. The Morgan fingerprint density at radius 2 is 2.41 bits per heavy atom. The van der Waals surface area contributed by atoms with Crippen LogP contribution in [-0.4, -0.2) is 35.6 Å². The third-order valence-electron chi connectivity index (χ3n) is 3.99. The minimum atomic E-state index is 0.378. The van der Waals surface area contributed by atoms with Crippen molar-refractivity contribution in [1.82, 2.24) is 15.2 Å². The van der Waals surface area contributed by atoms with Gasteiger partial charge in [-0.05, 0) is 25.4 Å². The van der Waals surface area contributed by atoms with Gasteiger partial charge in [0.25, 0.3) is 0 Å². The highest BCUT2D eigenvalue weighted by atomic mass is 16.3. The number of likely N-dealkylation sites (tertiary alicyclic amines) is 1. The second-order valence-corrected chi connectivity index (χ2v) is 5.58. The summed E-state index contributed by atoms with van der Waals surface area (Å²) in [4.78, 5) is 7.11. The molecule has 1 aromatic rings. The molecule has 3 heterocycles. The van der Waals surface area contributed by atoms with Crippen LogP contribution in [0.4, 0.5) is 0 Å². The van der Waals surface area contributed by atoms with Crippen molar-refractivity contribution < 1.29 is 4.42 Å². The molecule has 2 aliphatic rings. The molecular weight excluding hydrogens is 214 g/mol. The molecule has 0 aliphatic carbocycles. The third-order valence-corrected chi connectivity index (χ3v) is 3.99. The van der Waals surface area contributed by atoms with Gasteiger partial charge in [0, 0.05) is 25.0 Å². The van der Waals surface area contributed by atoms with Gasteiger partial charge in [-0.25, -0.2) is 4.98 Å². The topological polar surface area (TPSA) is 41.3 Å². The van der Waals surface area contributed by atoms with Crippen molar-refractivity contribution in [3.05, 3.63) is 17.8 Å². The van der Waals surface area contributed by atoms with Gasteiger partial charge in [0.15, 0.2) is 5.89 Å². The highest BCUT2D eigenvalue weighted by Crippen LogP contribution is 2.28. The number of oxazole rings is 1. The fraction of sp³-hybridized carbons (Fsp3) is 0.769. The summed E-state index contributed by atoms with van der Waals surface area (Å²) in [7, 11) is 0. The Morgan fingerprint density at radius 3 is 3.18 bits per heavy atom. The molecule has 0 saturated carbocycles. The Balaban J connectivity index is 1.66. The van der Waals surface area contributed by atoms with Crippen LogP contribution in [0.3, 0.4) is 0 Å². The van der Waals surface area contributed by atoms with Gasteiger partial charge in [-0.15, -0.1) is 0 Å². The fourth-order valence-corrected chi connectivity index (χ4v) is 3.00. The van der Waals surface area contributed by atoms with Gasteiger partial charge in [0.1, 0.15) is 6.26 Å². The first-order valence-corrected chi connectivity index (χ1v) is 6.63. The Hall–Kier alpha value is -0.870. The van der Waals surface area contributed by atoms with Crippen LogP contribution in [0.15, 0.2) is 10.7 Å². The van der Waals surface area contributed by atoms with Crippen molar-refractivity contribution in [3.63, 3.8) is 0 Å². The molecule has 2 atom stereocenters. The first kappa shape index (κ1) is 11.2. The quantitative estimate of drug-likeness (QED) is 0.864. The van der Waals surface area contributed by atoms with E-state index in [0.29, 0.717) is 12.0 Å². The van der Waals surface area contributed by atoms with Crippen molar-refractivity contribution in [3.8, 4) is 0 Å². The zero-order valence-corrected chi connectivity index (χ0v) is 10.6. The SMILES string of the molecule is CC(C)c1nc(CN2CC[C@H]3CNC[C@H]32)co1. The predicted molar refractivity (Wildman–Crippen MR) is 65.8 cm³/mol. The summed E-state index contributed by atoms with van der Waals surface area (Å²) in [6, 6.07) is 0.717. The lowest BCUT2D eigenvalue weighted by Gasteiger charge is -2.21. The average molecular weight is 235 g/mol. The number of nitrogens with one attached hydrogen (secondary N) is 1. The molecule has 0 bridgehead atoms. The van der Waals surface area contributed by atoms with Crippen LogP contribution in [0.5, 0.6) is 0 Å². The number of rotatable bonds is 3. The molecule has 4 heteroatoms. The van der Waals surface area contributed by atoms with E-state index >= 15 is 0 Å². The summed E-state index contributed by atoms with van der Waals surface area (Å²) in [5.41, 5.74) is 1.08. The van der Waals surface area contributed by atoms with Crippen molar-refractivity contribution in [1.29, 1.82) is 0 Å². The first-order valence-electron chi connectivity index (χ1n) is 6.63. The lowest BCUT2D eigenvalue weighted by atomic mass is 10.1. The molecule has 2 fully saturated rings. The number of hydrogen-bond donors (Lipinski definition) is 1. The molecule has 17 heavy (non-hydrogen) atoms. The zero-order valence-electron chi connectivity index (χ0n) is 10.6. The van der Waals surface area contributed by atoms with E-state index in [1.807, 2.05) is 6.26 Å². The van der Waals surface area contributed by atoms with Crippen LogP contribution >= 0.6 is 0 Å². The number of hydrogen-bond acceptors (Lipinski definition) is 4. The molecule has 4 nitrogen and oxygen atoms in total. The van der Waals surface area contributed by atoms with Gasteiger partial charge in [-0.1, -0.05) is 13.8 Å². The van der Waals surface area contributed by atoms with Crippen LogP contribution in [0, 0.1) is 5.92 Å². The van der Waals surface area contributed by atoms with Gasteiger partial charge >= 0.3 is 0 Å². The van der Waals surface area contributed by atoms with E-state index in [9.17, 15) is 0 Å². The standard InChI is InChI=1S/C13H21N3O/c1-9(2)13-15-11(8-17-13)7-16-4-3-10-5-14-6-12(10)16/h8-10,12,14H,3-7H2,1-2H3/t10-,12+/m0/s1. The summed E-state index contributed by atoms with van der Waals surface area (Å²) in [6.07, 6.45) is 3.15. The molecule has 0 aromatic carbocycles. The van der Waals surface area contributed by atoms with Gasteiger partial charge in [0.2, 0.25) is 0 Å². The van der Waals surface area contributed by atoms with E-state index in [0.717, 1.165) is 30.6 Å². The minimum Gasteiger partial charge on any atom is -0.448 e. The van der Waals surface area contributed by atoms with E-state index in [1.165, 1.54) is 19.5 Å². The molecular formula is C13H21N3O. The molecule has 2 aliphatic heterocycles. The van der Waals surface area contributed by atoms with E-state index in [4.69, 9.17) is 4.42 Å². The number of fused-ring (bicyclic) bond motifs is 1. The van der Waals surface area contributed by atoms with Crippen molar-refractivity contribution >= 4 is 0 Å². The normalized spacial score (nSPS) is 29.1. The van der Waals surface area contributed by atoms with Crippen LogP contribution in [-0.2, 0) is 6.54 Å². The van der Waals surface area contributed by atoms with Crippen LogP contribution in [0.1, 0.15) is 37.8 Å². The second-order valence-electron chi connectivity index (χ2n) is 5.58. The maximum absolute atomic E-state index is 5.49. The molecule has 2 saturated heterocycles. The van der Waals surface area contributed by atoms with Gasteiger partial charge in [-0.2, -0.15) is 0 Å². The molecule has 0 amide bonds. The Kier molecular flexibility index (Phi) is 2.92. The molecule has 0 spiro atoms. The highest BCUT2D eigenvalue weighted by Gasteiger charge is 2.37. The van der Waals surface area contributed by atoms with Crippen molar-refractivity contribution in [2.24, 2.45) is 5.92 Å². The fourth-order valence-electron chi connectivity index (χ4n) is 3.00. The molecule has 3 rings (SSSR count). The molecule has 0 radical (unpaired) electrons. The highest BCUT2D eigenvalue weighted by molar-refractivity contribution is 5.02. The van der Waals surface area contributed by atoms with Crippen molar-refractivity contribution in [2.75, 3.05) is 19.6 Å². The average Bonchev–Trinajstić information content (AvgIpc) is 2.96. The Morgan fingerprint density at radius 1 is 1.53 bits per heavy atom. The van der Waals surface area contributed by atoms with Gasteiger partial charge < -0.3 is 9.73 Å². The zero-order chi connectivity index (χ0) is 11.8. The van der Waals surface area contributed by atoms with Crippen LogP contribution in [0.25, 0.3) is 0 Å². The summed E-state index contributed by atoms with van der Waals surface area (Å²) >= 11 is 0. The third kappa shape index (κ3) is 2.11.